The van der Waals surface area contributed by atoms with Crippen molar-refractivity contribution in [2.24, 2.45) is 0 Å². The molecule has 0 spiro atoms. The van der Waals surface area contributed by atoms with E-state index in [1.165, 1.54) is 14.2 Å². The third kappa shape index (κ3) is 5.15. The van der Waals surface area contributed by atoms with Gasteiger partial charge in [0.1, 0.15) is 11.5 Å². The number of unbranched alkanes of at least 4 members (excludes halogenated alkanes) is 1. The highest BCUT2D eigenvalue weighted by Gasteiger charge is 2.15. The fraction of sp³-hybridized carbons (Fsp3) is 0.533. The number of methoxy groups -OCH3 is 2. The van der Waals surface area contributed by atoms with Crippen molar-refractivity contribution in [3.63, 3.8) is 0 Å². The number of ether oxygens (including phenoxy) is 3. The van der Waals surface area contributed by atoms with Crippen LogP contribution in [0.15, 0.2) is 12.1 Å². The molecule has 1 aromatic rings. The lowest BCUT2D eigenvalue weighted by Gasteiger charge is -2.13. The number of nitrogens with two attached hydrogens (primary N) is 1. The fourth-order valence-electron chi connectivity index (χ4n) is 1.76. The average Bonchev–Trinajstić information content (AvgIpc) is 2.50. The Kier molecular flexibility index (Phi) is 7.39. The molecule has 0 aliphatic carbocycles. The second-order valence-corrected chi connectivity index (χ2v) is 4.51. The van der Waals surface area contributed by atoms with Crippen molar-refractivity contribution >= 4 is 11.6 Å². The van der Waals surface area contributed by atoms with Gasteiger partial charge in [-0.2, -0.15) is 0 Å². The quantitative estimate of drug-likeness (QED) is 0.536. The number of amides is 1. The van der Waals surface area contributed by atoms with Gasteiger partial charge in [-0.15, -0.1) is 0 Å². The molecule has 0 heterocycles. The van der Waals surface area contributed by atoms with Crippen LogP contribution < -0.4 is 20.5 Å². The van der Waals surface area contributed by atoms with E-state index in [4.69, 9.17) is 19.9 Å². The molecule has 0 fully saturated rings. The largest absolute Gasteiger partial charge is 0.497 e. The lowest BCUT2D eigenvalue weighted by molar-refractivity contribution is 0.0913. The van der Waals surface area contributed by atoms with Gasteiger partial charge in [0.2, 0.25) is 0 Å². The van der Waals surface area contributed by atoms with Crippen LogP contribution in [0.4, 0.5) is 5.69 Å². The Morgan fingerprint density at radius 2 is 2.00 bits per heavy atom. The van der Waals surface area contributed by atoms with E-state index in [1.54, 1.807) is 12.1 Å². The molecular formula is C15H24N2O4. The molecule has 118 valence electrons. The third-order valence-corrected chi connectivity index (χ3v) is 2.99. The molecular weight excluding hydrogens is 272 g/mol. The van der Waals surface area contributed by atoms with E-state index in [0.29, 0.717) is 42.5 Å². The Bertz CT molecular complexity index is 463. The summed E-state index contributed by atoms with van der Waals surface area (Å²) >= 11 is 0. The van der Waals surface area contributed by atoms with Crippen LogP contribution >= 0.6 is 0 Å². The highest BCUT2D eigenvalue weighted by Crippen LogP contribution is 2.30. The molecule has 0 saturated carbocycles. The van der Waals surface area contributed by atoms with Gasteiger partial charge in [0, 0.05) is 19.2 Å². The molecule has 0 bridgehead atoms. The van der Waals surface area contributed by atoms with Crippen molar-refractivity contribution in [2.45, 2.75) is 19.8 Å². The summed E-state index contributed by atoms with van der Waals surface area (Å²) in [7, 11) is 3.02. The van der Waals surface area contributed by atoms with Gasteiger partial charge in [-0.05, 0) is 12.5 Å². The summed E-state index contributed by atoms with van der Waals surface area (Å²) in [6, 6.07) is 3.23. The summed E-state index contributed by atoms with van der Waals surface area (Å²) in [5.74, 6) is 0.660. The van der Waals surface area contributed by atoms with Gasteiger partial charge in [-0.25, -0.2) is 0 Å². The minimum absolute atomic E-state index is 0.274. The van der Waals surface area contributed by atoms with Crippen molar-refractivity contribution in [3.8, 4) is 11.5 Å². The molecule has 3 N–H and O–H groups in total. The van der Waals surface area contributed by atoms with E-state index in [-0.39, 0.29) is 5.91 Å². The summed E-state index contributed by atoms with van der Waals surface area (Å²) in [5, 5.41) is 2.76. The van der Waals surface area contributed by atoms with Crippen molar-refractivity contribution in [1.82, 2.24) is 5.32 Å². The van der Waals surface area contributed by atoms with Gasteiger partial charge in [0.05, 0.1) is 32.1 Å². The summed E-state index contributed by atoms with van der Waals surface area (Å²) in [6.45, 7) is 3.72. The summed E-state index contributed by atoms with van der Waals surface area (Å²) in [4.78, 5) is 12.1. The van der Waals surface area contributed by atoms with Crippen LogP contribution in [-0.4, -0.2) is 39.9 Å². The van der Waals surface area contributed by atoms with Gasteiger partial charge in [0.25, 0.3) is 5.91 Å². The molecule has 1 amide bonds. The Balaban J connectivity index is 2.61. The zero-order valence-corrected chi connectivity index (χ0v) is 12.9. The Morgan fingerprint density at radius 1 is 1.24 bits per heavy atom. The molecule has 0 unspecified atom stereocenters. The van der Waals surface area contributed by atoms with Gasteiger partial charge >= 0.3 is 0 Å². The maximum Gasteiger partial charge on any atom is 0.253 e. The van der Waals surface area contributed by atoms with Crippen molar-refractivity contribution in [2.75, 3.05) is 39.7 Å². The van der Waals surface area contributed by atoms with E-state index in [0.717, 1.165) is 12.8 Å². The molecule has 0 aliphatic rings. The number of carbonyl (C=O) groups is 1. The molecule has 0 saturated heterocycles. The maximum absolute atomic E-state index is 12.1. The van der Waals surface area contributed by atoms with Gasteiger partial charge in [-0.3, -0.25) is 4.79 Å². The second-order valence-electron chi connectivity index (χ2n) is 4.51. The number of hydrogen-bond donors (Lipinski definition) is 2. The normalized spacial score (nSPS) is 10.2. The zero-order valence-electron chi connectivity index (χ0n) is 12.9. The summed E-state index contributed by atoms with van der Waals surface area (Å²) < 4.78 is 15.7. The van der Waals surface area contributed by atoms with Crippen molar-refractivity contribution < 1.29 is 19.0 Å². The Labute approximate surface area is 125 Å². The lowest BCUT2D eigenvalue weighted by atomic mass is 10.1. The first-order valence-electron chi connectivity index (χ1n) is 7.01. The van der Waals surface area contributed by atoms with Crippen LogP contribution in [-0.2, 0) is 4.74 Å². The number of nitrogen functional groups attached to an aromatic ring is 1. The van der Waals surface area contributed by atoms with Crippen LogP contribution in [0.1, 0.15) is 30.1 Å². The number of hydrogen-bond acceptors (Lipinski definition) is 5. The number of anilines is 1. The molecule has 0 radical (unpaired) electrons. The lowest BCUT2D eigenvalue weighted by Crippen LogP contribution is -2.28. The Morgan fingerprint density at radius 3 is 2.62 bits per heavy atom. The monoisotopic (exact) mass is 296 g/mol. The first-order valence-corrected chi connectivity index (χ1v) is 7.01. The van der Waals surface area contributed by atoms with Crippen LogP contribution in [0.5, 0.6) is 11.5 Å². The average molecular weight is 296 g/mol. The standard InChI is InChI=1S/C15H24N2O4/c1-4-5-7-21-8-6-17-15(18)12-9-11(19-2)10-13(20-3)14(12)16/h9-10H,4-8,16H2,1-3H3,(H,17,18). The van der Waals surface area contributed by atoms with Gasteiger partial charge in [0.15, 0.2) is 0 Å². The van der Waals surface area contributed by atoms with E-state index in [9.17, 15) is 4.79 Å². The van der Waals surface area contributed by atoms with E-state index in [1.807, 2.05) is 0 Å². The maximum atomic E-state index is 12.1. The predicted octanol–water partition coefficient (Wildman–Crippen LogP) is 1.83. The van der Waals surface area contributed by atoms with Crippen LogP contribution in [0.2, 0.25) is 0 Å². The molecule has 6 heteroatoms. The molecule has 21 heavy (non-hydrogen) atoms. The molecule has 1 aromatic carbocycles. The zero-order chi connectivity index (χ0) is 15.7. The minimum Gasteiger partial charge on any atom is -0.497 e. The molecule has 1 rings (SSSR count). The smallest absolute Gasteiger partial charge is 0.253 e. The first-order chi connectivity index (χ1) is 10.1. The Hall–Kier alpha value is -1.95. The van der Waals surface area contributed by atoms with Gasteiger partial charge in [-0.1, -0.05) is 13.3 Å². The fourth-order valence-corrected chi connectivity index (χ4v) is 1.76. The van der Waals surface area contributed by atoms with Crippen molar-refractivity contribution in [1.29, 1.82) is 0 Å². The molecule has 0 atom stereocenters. The third-order valence-electron chi connectivity index (χ3n) is 2.99. The summed E-state index contributed by atoms with van der Waals surface area (Å²) in [6.07, 6.45) is 2.11. The van der Waals surface area contributed by atoms with Crippen LogP contribution in [0.3, 0.4) is 0 Å². The van der Waals surface area contributed by atoms with Crippen molar-refractivity contribution in [3.05, 3.63) is 17.7 Å². The topological polar surface area (TPSA) is 82.8 Å². The number of nitrogens with one attached hydrogen (secondary N) is 1. The first kappa shape index (κ1) is 17.1. The molecule has 6 nitrogen and oxygen atoms in total. The summed E-state index contributed by atoms with van der Waals surface area (Å²) in [5.41, 5.74) is 6.54. The highest BCUT2D eigenvalue weighted by atomic mass is 16.5. The van der Waals surface area contributed by atoms with E-state index >= 15 is 0 Å². The van der Waals surface area contributed by atoms with E-state index < -0.39 is 0 Å². The SMILES string of the molecule is CCCCOCCNC(=O)c1cc(OC)cc(OC)c1N. The number of carbonyl (C=O) groups excluding carboxylic acids is 1. The van der Waals surface area contributed by atoms with Gasteiger partial charge < -0.3 is 25.3 Å². The molecule has 0 aromatic heterocycles. The van der Waals surface area contributed by atoms with E-state index in [2.05, 4.69) is 12.2 Å². The number of rotatable bonds is 9. The molecule has 0 aliphatic heterocycles. The second kappa shape index (κ2) is 9.07. The van der Waals surface area contributed by atoms with Crippen LogP contribution in [0, 0.1) is 0 Å². The highest BCUT2D eigenvalue weighted by molar-refractivity contribution is 6.00. The van der Waals surface area contributed by atoms with Crippen LogP contribution in [0.25, 0.3) is 0 Å². The predicted molar refractivity (Wildman–Crippen MR) is 82.0 cm³/mol. The minimum atomic E-state index is -0.274. The number of benzene rings is 1.